The molecule has 0 bridgehead atoms. The van der Waals surface area contributed by atoms with Crippen LogP contribution in [0.4, 0.5) is 23.3 Å². The SMILES string of the molecule is Cc1c(Nc2nc(N)c3c(C#N)c(N4CCC[C@H]4C)n(C)c3n2)cnn1[C@H]1CCOC1. The highest BCUT2D eigenvalue weighted by Crippen LogP contribution is 2.37. The number of nitrogen functional groups attached to an aromatic ring is 1. The summed E-state index contributed by atoms with van der Waals surface area (Å²) in [6.07, 6.45) is 4.95. The minimum Gasteiger partial charge on any atom is -0.383 e. The Kier molecular flexibility index (Phi) is 4.70. The topological polar surface area (TPSA) is 123 Å². The lowest BCUT2D eigenvalue weighted by molar-refractivity contribution is 0.184. The van der Waals surface area contributed by atoms with Gasteiger partial charge in [-0.3, -0.25) is 4.68 Å². The lowest BCUT2D eigenvalue weighted by Gasteiger charge is -2.24. The highest BCUT2D eigenvalue weighted by atomic mass is 16.5. The van der Waals surface area contributed by atoms with Crippen LogP contribution in [0.15, 0.2) is 6.20 Å². The fourth-order valence-electron chi connectivity index (χ4n) is 4.82. The number of ether oxygens (including phenoxy) is 1. The van der Waals surface area contributed by atoms with Crippen molar-refractivity contribution in [3.8, 4) is 6.07 Å². The smallest absolute Gasteiger partial charge is 0.231 e. The summed E-state index contributed by atoms with van der Waals surface area (Å²) in [7, 11) is 1.93. The Balaban J connectivity index is 1.55. The third kappa shape index (κ3) is 3.08. The van der Waals surface area contributed by atoms with Gasteiger partial charge in [0.2, 0.25) is 5.95 Å². The Morgan fingerprint density at radius 1 is 1.32 bits per heavy atom. The van der Waals surface area contributed by atoms with Crippen LogP contribution < -0.4 is 16.0 Å². The Labute approximate surface area is 180 Å². The minimum atomic E-state index is 0.250. The maximum atomic E-state index is 9.91. The molecule has 3 N–H and O–H groups in total. The second-order valence-electron chi connectivity index (χ2n) is 8.42. The quantitative estimate of drug-likeness (QED) is 0.659. The number of nitrogens with zero attached hydrogens (tertiary/aromatic N) is 7. The van der Waals surface area contributed by atoms with Gasteiger partial charge in [-0.1, -0.05) is 0 Å². The molecule has 3 aromatic rings. The average molecular weight is 422 g/mol. The van der Waals surface area contributed by atoms with E-state index in [9.17, 15) is 5.26 Å². The molecule has 5 rings (SSSR count). The molecule has 0 amide bonds. The van der Waals surface area contributed by atoms with Crippen LogP contribution in [-0.2, 0) is 11.8 Å². The van der Waals surface area contributed by atoms with Crippen LogP contribution in [0.2, 0.25) is 0 Å². The van der Waals surface area contributed by atoms with E-state index in [0.29, 0.717) is 41.0 Å². The molecule has 0 unspecified atom stereocenters. The molecule has 0 aromatic carbocycles. The molecule has 162 valence electrons. The van der Waals surface area contributed by atoms with Crippen molar-refractivity contribution in [1.82, 2.24) is 24.3 Å². The summed E-state index contributed by atoms with van der Waals surface area (Å²) in [6.45, 7) is 6.55. The number of aryl methyl sites for hydroxylation is 1. The molecule has 2 atom stereocenters. The van der Waals surface area contributed by atoms with Gasteiger partial charge in [0.25, 0.3) is 0 Å². The summed E-state index contributed by atoms with van der Waals surface area (Å²) in [4.78, 5) is 11.5. The summed E-state index contributed by atoms with van der Waals surface area (Å²) in [5, 5.41) is 18.3. The molecule has 3 aromatic heterocycles. The summed E-state index contributed by atoms with van der Waals surface area (Å²) in [5.41, 5.74) is 9.35. The molecule has 5 heterocycles. The predicted molar refractivity (Wildman–Crippen MR) is 118 cm³/mol. The third-order valence-electron chi connectivity index (χ3n) is 6.51. The molecule has 2 aliphatic heterocycles. The average Bonchev–Trinajstić information content (AvgIpc) is 3.52. The predicted octanol–water partition coefficient (Wildman–Crippen LogP) is 2.62. The van der Waals surface area contributed by atoms with E-state index >= 15 is 0 Å². The maximum absolute atomic E-state index is 9.91. The van der Waals surface area contributed by atoms with Gasteiger partial charge in [0.05, 0.1) is 35.6 Å². The van der Waals surface area contributed by atoms with Crippen molar-refractivity contribution in [2.45, 2.75) is 45.2 Å². The Morgan fingerprint density at radius 3 is 2.84 bits per heavy atom. The maximum Gasteiger partial charge on any atom is 0.231 e. The van der Waals surface area contributed by atoms with Crippen LogP contribution in [0.5, 0.6) is 0 Å². The number of rotatable bonds is 4. The first-order valence-corrected chi connectivity index (χ1v) is 10.7. The van der Waals surface area contributed by atoms with E-state index in [0.717, 1.165) is 49.6 Å². The Bertz CT molecular complexity index is 1180. The molecule has 0 spiro atoms. The fourth-order valence-corrected chi connectivity index (χ4v) is 4.82. The van der Waals surface area contributed by atoms with E-state index in [2.05, 4.69) is 33.3 Å². The lowest BCUT2D eigenvalue weighted by Crippen LogP contribution is -2.28. The van der Waals surface area contributed by atoms with Crippen LogP contribution in [-0.4, -0.2) is 50.1 Å². The number of fused-ring (bicyclic) bond motifs is 1. The number of nitriles is 1. The van der Waals surface area contributed by atoms with E-state index in [4.69, 9.17) is 15.5 Å². The highest BCUT2D eigenvalue weighted by molar-refractivity contribution is 5.98. The van der Waals surface area contributed by atoms with Crippen molar-refractivity contribution in [2.75, 3.05) is 35.7 Å². The lowest BCUT2D eigenvalue weighted by atomic mass is 10.2. The van der Waals surface area contributed by atoms with E-state index in [1.165, 1.54) is 0 Å². The van der Waals surface area contributed by atoms with E-state index in [1.807, 2.05) is 23.2 Å². The van der Waals surface area contributed by atoms with Gasteiger partial charge < -0.3 is 25.3 Å². The number of hydrogen-bond donors (Lipinski definition) is 2. The fraction of sp³-hybridized carbons (Fsp3) is 0.524. The van der Waals surface area contributed by atoms with Crippen molar-refractivity contribution < 1.29 is 4.74 Å². The molecule has 0 aliphatic carbocycles. The largest absolute Gasteiger partial charge is 0.383 e. The van der Waals surface area contributed by atoms with Crippen LogP contribution >= 0.6 is 0 Å². The molecular formula is C21H27N9O. The van der Waals surface area contributed by atoms with Gasteiger partial charge in [0.15, 0.2) is 0 Å². The van der Waals surface area contributed by atoms with E-state index in [1.54, 1.807) is 6.20 Å². The van der Waals surface area contributed by atoms with Crippen molar-refractivity contribution in [3.05, 3.63) is 17.5 Å². The van der Waals surface area contributed by atoms with Crippen LogP contribution in [0.1, 0.15) is 43.5 Å². The molecule has 0 saturated carbocycles. The zero-order chi connectivity index (χ0) is 21.7. The summed E-state index contributed by atoms with van der Waals surface area (Å²) < 4.78 is 9.44. The molecule has 0 radical (unpaired) electrons. The number of nitrogens with two attached hydrogens (primary N) is 1. The van der Waals surface area contributed by atoms with Crippen molar-refractivity contribution >= 4 is 34.3 Å². The monoisotopic (exact) mass is 421 g/mol. The first-order valence-electron chi connectivity index (χ1n) is 10.7. The zero-order valence-electron chi connectivity index (χ0n) is 18.1. The van der Waals surface area contributed by atoms with Gasteiger partial charge >= 0.3 is 0 Å². The number of nitrogens with one attached hydrogen (secondary N) is 1. The summed E-state index contributed by atoms with van der Waals surface area (Å²) >= 11 is 0. The van der Waals surface area contributed by atoms with Gasteiger partial charge in [0, 0.05) is 26.2 Å². The highest BCUT2D eigenvalue weighted by Gasteiger charge is 2.29. The summed E-state index contributed by atoms with van der Waals surface area (Å²) in [5.74, 6) is 1.55. The molecular weight excluding hydrogens is 394 g/mol. The second-order valence-corrected chi connectivity index (χ2v) is 8.42. The Morgan fingerprint density at radius 2 is 2.16 bits per heavy atom. The first kappa shape index (κ1) is 19.6. The zero-order valence-corrected chi connectivity index (χ0v) is 18.1. The van der Waals surface area contributed by atoms with E-state index in [-0.39, 0.29) is 6.04 Å². The van der Waals surface area contributed by atoms with Gasteiger partial charge in [-0.25, -0.2) is 0 Å². The third-order valence-corrected chi connectivity index (χ3v) is 6.51. The van der Waals surface area contributed by atoms with Gasteiger partial charge in [-0.2, -0.15) is 20.3 Å². The number of hydrogen-bond acceptors (Lipinski definition) is 8. The molecule has 10 nitrogen and oxygen atoms in total. The van der Waals surface area contributed by atoms with Gasteiger partial charge in [0.1, 0.15) is 28.9 Å². The second kappa shape index (κ2) is 7.42. The van der Waals surface area contributed by atoms with Crippen LogP contribution in [0, 0.1) is 18.3 Å². The molecule has 2 fully saturated rings. The standard InChI is InChI=1S/C21H27N9O/c1-12-5-4-7-29(12)20-15(9-22)17-18(23)26-21(27-19(17)28(20)3)25-16-10-24-30(13(16)2)14-6-8-31-11-14/h10,12,14H,4-8,11H2,1-3H3,(H3,23,25,26,27)/t12-,14+/m1/s1. The number of aromatic nitrogens is 5. The molecule has 2 saturated heterocycles. The van der Waals surface area contributed by atoms with Crippen LogP contribution in [0.25, 0.3) is 11.0 Å². The van der Waals surface area contributed by atoms with Crippen molar-refractivity contribution in [3.63, 3.8) is 0 Å². The first-order chi connectivity index (χ1) is 15.0. The van der Waals surface area contributed by atoms with Crippen molar-refractivity contribution in [2.24, 2.45) is 7.05 Å². The van der Waals surface area contributed by atoms with Gasteiger partial charge in [-0.05, 0) is 33.1 Å². The van der Waals surface area contributed by atoms with Gasteiger partial charge in [-0.15, -0.1) is 0 Å². The molecule has 10 heteroatoms. The molecule has 31 heavy (non-hydrogen) atoms. The normalized spacial score (nSPS) is 21.2. The Hall–Kier alpha value is -3.32. The minimum absolute atomic E-state index is 0.250. The van der Waals surface area contributed by atoms with Crippen molar-refractivity contribution in [1.29, 1.82) is 5.26 Å². The summed E-state index contributed by atoms with van der Waals surface area (Å²) in [6, 6.07) is 2.96. The van der Waals surface area contributed by atoms with E-state index < -0.39 is 0 Å². The number of anilines is 4. The molecule has 2 aliphatic rings. The van der Waals surface area contributed by atoms with Crippen LogP contribution in [0.3, 0.4) is 0 Å².